The quantitative estimate of drug-likeness (QED) is 0.870. The summed E-state index contributed by atoms with van der Waals surface area (Å²) in [7, 11) is 1.99. The average molecular weight is 229 g/mol. The predicted octanol–water partition coefficient (Wildman–Crippen LogP) is 1.66. The fourth-order valence-electron chi connectivity index (χ4n) is 1.61. The largest absolute Gasteiger partial charge is 0.350 e. The molecule has 0 fully saturated rings. The molecule has 0 atom stereocenters. The van der Waals surface area contributed by atoms with Crippen molar-refractivity contribution in [2.75, 3.05) is 0 Å². The summed E-state index contributed by atoms with van der Waals surface area (Å²) in [6.45, 7) is 2.56. The lowest BCUT2D eigenvalue weighted by atomic mass is 10.2. The number of pyridine rings is 1. The van der Waals surface area contributed by atoms with Gasteiger partial charge in [0.15, 0.2) is 0 Å². The van der Waals surface area contributed by atoms with Gasteiger partial charge in [-0.1, -0.05) is 0 Å². The Morgan fingerprint density at radius 1 is 1.41 bits per heavy atom. The predicted molar refractivity (Wildman–Crippen MR) is 65.6 cm³/mol. The van der Waals surface area contributed by atoms with E-state index in [1.54, 1.807) is 24.5 Å². The van der Waals surface area contributed by atoms with E-state index in [0.717, 1.165) is 5.69 Å². The van der Waals surface area contributed by atoms with Crippen LogP contribution in [0.2, 0.25) is 0 Å². The van der Waals surface area contributed by atoms with Crippen LogP contribution in [0.15, 0.2) is 36.7 Å². The summed E-state index contributed by atoms with van der Waals surface area (Å²) in [6, 6.07) is 7.55. The molecule has 2 heterocycles. The fourth-order valence-corrected chi connectivity index (χ4v) is 1.61. The van der Waals surface area contributed by atoms with Crippen molar-refractivity contribution in [3.8, 4) is 0 Å². The number of rotatable bonds is 3. The van der Waals surface area contributed by atoms with Crippen molar-refractivity contribution in [3.63, 3.8) is 0 Å². The highest BCUT2D eigenvalue weighted by Gasteiger charge is 2.06. The summed E-state index contributed by atoms with van der Waals surface area (Å²) < 4.78 is 2.06. The summed E-state index contributed by atoms with van der Waals surface area (Å²) in [5.41, 5.74) is 2.84. The summed E-state index contributed by atoms with van der Waals surface area (Å²) in [4.78, 5) is 15.7. The number of aryl methyl sites for hydroxylation is 1. The Balaban J connectivity index is 2.00. The van der Waals surface area contributed by atoms with Gasteiger partial charge in [0.05, 0.1) is 12.1 Å². The van der Waals surface area contributed by atoms with Crippen LogP contribution in [0.1, 0.15) is 21.7 Å². The van der Waals surface area contributed by atoms with E-state index in [9.17, 15) is 4.79 Å². The molecular formula is C13H15N3O. The molecule has 0 aromatic carbocycles. The maximum absolute atomic E-state index is 11.8. The van der Waals surface area contributed by atoms with Gasteiger partial charge in [-0.3, -0.25) is 9.78 Å². The van der Waals surface area contributed by atoms with Crippen molar-refractivity contribution in [2.45, 2.75) is 13.5 Å². The first kappa shape index (κ1) is 11.4. The molecule has 4 nitrogen and oxygen atoms in total. The van der Waals surface area contributed by atoms with Crippen LogP contribution in [0, 0.1) is 6.92 Å². The molecule has 0 radical (unpaired) electrons. The molecule has 2 rings (SSSR count). The van der Waals surface area contributed by atoms with Crippen molar-refractivity contribution in [1.82, 2.24) is 14.9 Å². The highest BCUT2D eigenvalue weighted by Crippen LogP contribution is 2.05. The van der Waals surface area contributed by atoms with Gasteiger partial charge in [0.25, 0.3) is 5.91 Å². The lowest BCUT2D eigenvalue weighted by molar-refractivity contribution is 0.0950. The van der Waals surface area contributed by atoms with Crippen LogP contribution in [0.3, 0.4) is 0 Å². The van der Waals surface area contributed by atoms with E-state index in [2.05, 4.69) is 14.9 Å². The fraction of sp³-hybridized carbons (Fsp3) is 0.231. The van der Waals surface area contributed by atoms with E-state index in [1.165, 1.54) is 5.69 Å². The number of amides is 1. The zero-order valence-corrected chi connectivity index (χ0v) is 9.97. The molecule has 17 heavy (non-hydrogen) atoms. The van der Waals surface area contributed by atoms with Gasteiger partial charge in [-0.25, -0.2) is 0 Å². The smallest absolute Gasteiger partial charge is 0.253 e. The molecule has 0 saturated carbocycles. The molecule has 0 spiro atoms. The Morgan fingerprint density at radius 3 is 2.82 bits per heavy atom. The Bertz CT molecular complexity index is 517. The summed E-state index contributed by atoms with van der Waals surface area (Å²) in [6.07, 6.45) is 3.21. The third kappa shape index (κ3) is 2.53. The van der Waals surface area contributed by atoms with Crippen LogP contribution >= 0.6 is 0 Å². The highest BCUT2D eigenvalue weighted by atomic mass is 16.1. The van der Waals surface area contributed by atoms with Crippen molar-refractivity contribution < 1.29 is 4.79 Å². The molecule has 88 valence electrons. The Labute approximate surface area is 100 Å². The number of carbonyl (C=O) groups is 1. The number of aromatic nitrogens is 2. The van der Waals surface area contributed by atoms with E-state index in [1.807, 2.05) is 26.1 Å². The minimum absolute atomic E-state index is 0.100. The second kappa shape index (κ2) is 4.82. The van der Waals surface area contributed by atoms with Crippen LogP contribution in [0.25, 0.3) is 0 Å². The molecule has 0 bridgehead atoms. The number of nitrogens with one attached hydrogen (secondary N) is 1. The van der Waals surface area contributed by atoms with E-state index >= 15 is 0 Å². The van der Waals surface area contributed by atoms with Crippen molar-refractivity contribution in [3.05, 3.63) is 53.6 Å². The molecule has 0 unspecified atom stereocenters. The molecule has 0 saturated heterocycles. The van der Waals surface area contributed by atoms with Crippen LogP contribution < -0.4 is 5.32 Å². The molecule has 0 aliphatic heterocycles. The minimum atomic E-state index is -0.100. The second-order valence-electron chi connectivity index (χ2n) is 3.95. The van der Waals surface area contributed by atoms with Gasteiger partial charge in [-0.05, 0) is 31.2 Å². The van der Waals surface area contributed by atoms with Gasteiger partial charge in [0, 0.05) is 30.8 Å². The first-order valence-electron chi connectivity index (χ1n) is 5.48. The third-order valence-corrected chi connectivity index (χ3v) is 2.83. The van der Waals surface area contributed by atoms with Crippen LogP contribution in [0.5, 0.6) is 0 Å². The zero-order valence-electron chi connectivity index (χ0n) is 9.97. The summed E-state index contributed by atoms with van der Waals surface area (Å²) in [5.74, 6) is -0.100. The maximum Gasteiger partial charge on any atom is 0.253 e. The molecule has 1 N–H and O–H groups in total. The normalized spacial score (nSPS) is 10.2. The monoisotopic (exact) mass is 229 g/mol. The van der Waals surface area contributed by atoms with Crippen molar-refractivity contribution in [1.29, 1.82) is 0 Å². The molecule has 0 aliphatic carbocycles. The standard InChI is InChI=1S/C13H15N3O/c1-10-5-6-12(16(10)2)9-15-13(17)11-4-3-7-14-8-11/h3-8H,9H2,1-2H3,(H,15,17). The van der Waals surface area contributed by atoms with Crippen LogP contribution in [-0.4, -0.2) is 15.5 Å². The summed E-state index contributed by atoms with van der Waals surface area (Å²) >= 11 is 0. The third-order valence-electron chi connectivity index (χ3n) is 2.83. The zero-order chi connectivity index (χ0) is 12.3. The van der Waals surface area contributed by atoms with E-state index in [0.29, 0.717) is 12.1 Å². The van der Waals surface area contributed by atoms with Crippen molar-refractivity contribution in [2.24, 2.45) is 7.05 Å². The van der Waals surface area contributed by atoms with Gasteiger partial charge in [0.2, 0.25) is 0 Å². The molecule has 0 aliphatic rings. The maximum atomic E-state index is 11.8. The van der Waals surface area contributed by atoms with Gasteiger partial charge in [-0.15, -0.1) is 0 Å². The Morgan fingerprint density at radius 2 is 2.24 bits per heavy atom. The SMILES string of the molecule is Cc1ccc(CNC(=O)c2cccnc2)n1C. The number of hydrogen-bond donors (Lipinski definition) is 1. The van der Waals surface area contributed by atoms with Crippen LogP contribution in [-0.2, 0) is 13.6 Å². The number of nitrogens with zero attached hydrogens (tertiary/aromatic N) is 2. The number of hydrogen-bond acceptors (Lipinski definition) is 2. The molecule has 2 aromatic rings. The first-order valence-corrected chi connectivity index (χ1v) is 5.48. The van der Waals surface area contributed by atoms with E-state index < -0.39 is 0 Å². The van der Waals surface area contributed by atoms with Gasteiger partial charge in [0.1, 0.15) is 0 Å². The Kier molecular flexibility index (Phi) is 3.23. The molecule has 4 heteroatoms. The molecule has 2 aromatic heterocycles. The average Bonchev–Trinajstić information content (AvgIpc) is 2.68. The van der Waals surface area contributed by atoms with Gasteiger partial charge >= 0.3 is 0 Å². The molecular weight excluding hydrogens is 214 g/mol. The van der Waals surface area contributed by atoms with E-state index in [4.69, 9.17) is 0 Å². The van der Waals surface area contributed by atoms with Gasteiger partial charge in [-0.2, -0.15) is 0 Å². The topological polar surface area (TPSA) is 46.9 Å². The number of carbonyl (C=O) groups excluding carboxylic acids is 1. The van der Waals surface area contributed by atoms with Crippen LogP contribution in [0.4, 0.5) is 0 Å². The second-order valence-corrected chi connectivity index (χ2v) is 3.95. The summed E-state index contributed by atoms with van der Waals surface area (Å²) in [5, 5.41) is 2.87. The molecule has 1 amide bonds. The van der Waals surface area contributed by atoms with Crippen molar-refractivity contribution >= 4 is 5.91 Å². The first-order chi connectivity index (χ1) is 8.18. The highest BCUT2D eigenvalue weighted by molar-refractivity contribution is 5.93. The lowest BCUT2D eigenvalue weighted by Gasteiger charge is -2.07. The Hall–Kier alpha value is -2.10. The lowest BCUT2D eigenvalue weighted by Crippen LogP contribution is -2.24. The minimum Gasteiger partial charge on any atom is -0.350 e. The van der Waals surface area contributed by atoms with E-state index in [-0.39, 0.29) is 5.91 Å². The van der Waals surface area contributed by atoms with Gasteiger partial charge < -0.3 is 9.88 Å².